The van der Waals surface area contributed by atoms with E-state index in [4.69, 9.17) is 14.8 Å². The topological polar surface area (TPSA) is 88.9 Å². The van der Waals surface area contributed by atoms with Crippen LogP contribution in [-0.2, 0) is 16.1 Å². The number of rotatable bonds is 7. The molecular weight excluding hydrogens is 466 g/mol. The number of carbonyl (C=O) groups excluding carboxylic acids is 2. The van der Waals surface area contributed by atoms with Gasteiger partial charge in [0.05, 0.1) is 26.4 Å². The molecule has 2 unspecified atom stereocenters. The van der Waals surface area contributed by atoms with Crippen molar-refractivity contribution in [2.75, 3.05) is 33.4 Å². The molecule has 0 bridgehead atoms. The molecule has 1 saturated heterocycles. The van der Waals surface area contributed by atoms with Gasteiger partial charge in [-0.2, -0.15) is 0 Å². The lowest BCUT2D eigenvalue weighted by Crippen LogP contribution is -2.64. The van der Waals surface area contributed by atoms with Gasteiger partial charge in [-0.15, -0.1) is 0 Å². The van der Waals surface area contributed by atoms with Crippen molar-refractivity contribution in [3.63, 3.8) is 0 Å². The fraction of sp³-hybridized carbons (Fsp3) is 0.476. The molecule has 2 atom stereocenters. The normalized spacial score (nSPS) is 23.1. The quantitative estimate of drug-likeness (QED) is 0.584. The van der Waals surface area contributed by atoms with Crippen LogP contribution in [0, 0.1) is 0 Å². The number of carbonyl (C=O) groups is 2. The Morgan fingerprint density at radius 2 is 1.81 bits per heavy atom. The summed E-state index contributed by atoms with van der Waals surface area (Å²) in [6.45, 7) is 5.38. The lowest BCUT2D eigenvalue weighted by atomic mass is 10.1. The van der Waals surface area contributed by atoms with Crippen LogP contribution in [0.15, 0.2) is 45.1 Å². The van der Waals surface area contributed by atoms with E-state index in [2.05, 4.69) is 15.9 Å². The summed E-state index contributed by atoms with van der Waals surface area (Å²) in [7, 11) is 1.69. The lowest BCUT2D eigenvalue weighted by molar-refractivity contribution is -0.137. The predicted molar refractivity (Wildman–Crippen MR) is 118 cm³/mol. The Morgan fingerprint density at radius 3 is 2.48 bits per heavy atom. The summed E-state index contributed by atoms with van der Waals surface area (Å²) in [5.41, 5.74) is 2.81. The second-order valence-corrected chi connectivity index (χ2v) is 8.68. The van der Waals surface area contributed by atoms with Gasteiger partial charge in [0.25, 0.3) is 5.91 Å². The molecule has 1 aromatic carbocycles. The molecule has 3 aliphatic heterocycles. The second kappa shape index (κ2) is 8.60. The van der Waals surface area contributed by atoms with Gasteiger partial charge < -0.3 is 19.6 Å². The molecule has 0 saturated carbocycles. The van der Waals surface area contributed by atoms with Gasteiger partial charge in [-0.1, -0.05) is 28.1 Å². The number of hydrogen-bond donors (Lipinski definition) is 1. The summed E-state index contributed by atoms with van der Waals surface area (Å²) in [5.74, 6) is 0.413. The first-order valence-electron chi connectivity index (χ1n) is 10.2. The third kappa shape index (κ3) is 3.72. The average molecular weight is 492 g/mol. The van der Waals surface area contributed by atoms with Crippen molar-refractivity contribution >= 4 is 33.8 Å². The monoisotopic (exact) mass is 491 g/mol. The Bertz CT molecular complexity index is 948. The van der Waals surface area contributed by atoms with Gasteiger partial charge in [-0.05, 0) is 31.5 Å². The first kappa shape index (κ1) is 21.8. The van der Waals surface area contributed by atoms with Crippen molar-refractivity contribution in [2.45, 2.75) is 32.6 Å². The third-order valence-electron chi connectivity index (χ3n) is 5.95. The standard InChI is InChI=1S/C21H26BrN5O4/c1-13-14(2)27-17-18(23-20(27)25(13)8-10-31-11-9-28)24(3)21(30)26(19(17)29)12-15-4-6-16(22)7-5-15/h4-7,17-18,28H,8-12H2,1-3H3. The minimum atomic E-state index is -0.591. The van der Waals surface area contributed by atoms with Gasteiger partial charge in [-0.3, -0.25) is 14.6 Å². The van der Waals surface area contributed by atoms with E-state index in [1.807, 2.05) is 47.9 Å². The van der Waals surface area contributed by atoms with Crippen molar-refractivity contribution in [2.24, 2.45) is 4.99 Å². The molecule has 1 N–H and O–H groups in total. The molecule has 3 amide bonds. The number of fused-ring (bicyclic) bond motifs is 3. The molecule has 0 aromatic heterocycles. The highest BCUT2D eigenvalue weighted by atomic mass is 79.9. The Hall–Kier alpha value is -2.43. The molecule has 0 spiro atoms. The number of ether oxygens (including phenoxy) is 1. The van der Waals surface area contributed by atoms with E-state index in [1.54, 1.807) is 11.9 Å². The van der Waals surface area contributed by atoms with Crippen LogP contribution >= 0.6 is 15.9 Å². The number of likely N-dealkylation sites (N-methyl/N-ethyl adjacent to an activating group) is 1. The number of imide groups is 1. The zero-order valence-electron chi connectivity index (χ0n) is 17.8. The Labute approximate surface area is 189 Å². The minimum Gasteiger partial charge on any atom is -0.394 e. The maximum Gasteiger partial charge on any atom is 0.328 e. The molecule has 0 aliphatic carbocycles. The molecule has 3 aliphatic rings. The van der Waals surface area contributed by atoms with E-state index in [0.717, 1.165) is 21.4 Å². The maximum atomic E-state index is 13.5. The van der Waals surface area contributed by atoms with Crippen LogP contribution in [0.1, 0.15) is 19.4 Å². The van der Waals surface area contributed by atoms with Crippen molar-refractivity contribution in [3.05, 3.63) is 45.7 Å². The van der Waals surface area contributed by atoms with Crippen LogP contribution in [0.3, 0.4) is 0 Å². The van der Waals surface area contributed by atoms with Crippen molar-refractivity contribution in [1.82, 2.24) is 19.6 Å². The van der Waals surface area contributed by atoms with Crippen LogP contribution in [0.25, 0.3) is 0 Å². The van der Waals surface area contributed by atoms with Crippen LogP contribution in [0.2, 0.25) is 0 Å². The molecule has 166 valence electrons. The third-order valence-corrected chi connectivity index (χ3v) is 6.48. The number of halogens is 1. The number of benzene rings is 1. The molecule has 31 heavy (non-hydrogen) atoms. The summed E-state index contributed by atoms with van der Waals surface area (Å²) >= 11 is 3.41. The highest BCUT2D eigenvalue weighted by Crippen LogP contribution is 2.37. The zero-order chi connectivity index (χ0) is 22.3. The number of urea groups is 1. The number of allylic oxidation sites excluding steroid dienone is 2. The molecule has 1 fully saturated rings. The number of aliphatic hydroxyl groups excluding tert-OH is 1. The van der Waals surface area contributed by atoms with Gasteiger partial charge in [0.15, 0.2) is 12.2 Å². The number of aliphatic imine (C=N–C) groups is 1. The molecule has 9 nitrogen and oxygen atoms in total. The summed E-state index contributed by atoms with van der Waals surface area (Å²) in [6.07, 6.45) is -0.569. The number of nitrogens with zero attached hydrogens (tertiary/aromatic N) is 5. The fourth-order valence-electron chi connectivity index (χ4n) is 4.19. The van der Waals surface area contributed by atoms with E-state index in [1.165, 1.54) is 4.90 Å². The Balaban J connectivity index is 1.58. The Morgan fingerprint density at radius 1 is 1.10 bits per heavy atom. The van der Waals surface area contributed by atoms with Crippen LogP contribution in [-0.4, -0.2) is 88.2 Å². The van der Waals surface area contributed by atoms with E-state index in [0.29, 0.717) is 19.1 Å². The molecule has 10 heteroatoms. The van der Waals surface area contributed by atoms with Crippen molar-refractivity contribution < 1.29 is 19.4 Å². The van der Waals surface area contributed by atoms with Crippen LogP contribution in [0.4, 0.5) is 4.79 Å². The van der Waals surface area contributed by atoms with Crippen LogP contribution < -0.4 is 0 Å². The van der Waals surface area contributed by atoms with Crippen molar-refractivity contribution in [1.29, 1.82) is 0 Å². The van der Waals surface area contributed by atoms with E-state index in [-0.39, 0.29) is 31.7 Å². The van der Waals surface area contributed by atoms with Gasteiger partial charge >= 0.3 is 6.03 Å². The first-order chi connectivity index (χ1) is 14.8. The molecule has 4 rings (SSSR count). The predicted octanol–water partition coefficient (Wildman–Crippen LogP) is 1.79. The highest BCUT2D eigenvalue weighted by molar-refractivity contribution is 9.10. The van der Waals surface area contributed by atoms with Gasteiger partial charge in [0.2, 0.25) is 5.96 Å². The molecule has 0 radical (unpaired) electrons. The largest absolute Gasteiger partial charge is 0.394 e. The summed E-state index contributed by atoms with van der Waals surface area (Å²) in [6, 6.07) is 6.64. The number of guanidine groups is 1. The minimum absolute atomic E-state index is 0.0271. The fourth-order valence-corrected chi connectivity index (χ4v) is 4.45. The highest BCUT2D eigenvalue weighted by Gasteiger charge is 2.55. The summed E-state index contributed by atoms with van der Waals surface area (Å²) < 4.78 is 6.36. The molecule has 1 aromatic rings. The molecule has 3 heterocycles. The van der Waals surface area contributed by atoms with E-state index in [9.17, 15) is 9.59 Å². The van der Waals surface area contributed by atoms with Crippen molar-refractivity contribution in [3.8, 4) is 0 Å². The van der Waals surface area contributed by atoms with Gasteiger partial charge in [0, 0.05) is 29.5 Å². The number of hydrogen-bond acceptors (Lipinski definition) is 7. The summed E-state index contributed by atoms with van der Waals surface area (Å²) in [4.78, 5) is 38.1. The number of amides is 3. The average Bonchev–Trinajstić information content (AvgIpc) is 3.25. The van der Waals surface area contributed by atoms with Gasteiger partial charge in [0.1, 0.15) is 0 Å². The zero-order valence-corrected chi connectivity index (χ0v) is 19.4. The van der Waals surface area contributed by atoms with E-state index >= 15 is 0 Å². The van der Waals surface area contributed by atoms with E-state index < -0.39 is 12.2 Å². The van der Waals surface area contributed by atoms with Gasteiger partial charge in [-0.25, -0.2) is 9.79 Å². The SMILES string of the molecule is CC1=C(C)N2C(=NC3C2C(=O)N(Cc2ccc(Br)cc2)C(=O)N3C)N1CCOCCO. The Kier molecular flexibility index (Phi) is 6.05. The maximum absolute atomic E-state index is 13.5. The first-order valence-corrected chi connectivity index (χ1v) is 11.0. The summed E-state index contributed by atoms with van der Waals surface area (Å²) in [5, 5.41) is 8.91. The number of aliphatic hydroxyl groups is 1. The second-order valence-electron chi connectivity index (χ2n) is 7.76. The molecular formula is C21H26BrN5O4. The van der Waals surface area contributed by atoms with Crippen LogP contribution in [0.5, 0.6) is 0 Å². The lowest BCUT2D eigenvalue weighted by Gasteiger charge is -2.40. The smallest absolute Gasteiger partial charge is 0.328 e.